The summed E-state index contributed by atoms with van der Waals surface area (Å²) in [7, 11) is 0. The van der Waals surface area contributed by atoms with Crippen LogP contribution in [0.5, 0.6) is 11.5 Å². The van der Waals surface area contributed by atoms with E-state index in [9.17, 15) is 4.39 Å². The minimum Gasteiger partial charge on any atom is -0.457 e. The van der Waals surface area contributed by atoms with Gasteiger partial charge in [0.2, 0.25) is 0 Å². The van der Waals surface area contributed by atoms with E-state index in [0.717, 1.165) is 18.2 Å². The molecule has 3 unspecified atom stereocenters. The van der Waals surface area contributed by atoms with Crippen LogP contribution < -0.4 is 10.1 Å². The minimum absolute atomic E-state index is 0. The molecule has 1 N–H and O–H groups in total. The molecule has 1 aliphatic carbocycles. The normalized spacial score (nSPS) is 25.8. The second-order valence-corrected chi connectivity index (χ2v) is 6.00. The fourth-order valence-electron chi connectivity index (χ4n) is 3.64. The Labute approximate surface area is 136 Å². The van der Waals surface area contributed by atoms with Gasteiger partial charge in [0.1, 0.15) is 17.3 Å². The van der Waals surface area contributed by atoms with Gasteiger partial charge < -0.3 is 10.1 Å². The smallest absolute Gasteiger partial charge is 0.127 e. The number of hydrogen-bond acceptors (Lipinski definition) is 2. The zero-order chi connectivity index (χ0) is 14.2. The van der Waals surface area contributed by atoms with Crippen LogP contribution in [0.3, 0.4) is 0 Å². The number of nitrogens with one attached hydrogen (secondary N) is 1. The summed E-state index contributed by atoms with van der Waals surface area (Å²) in [5, 5.41) is 3.59. The number of benzene rings is 2. The average Bonchev–Trinajstić information content (AvgIpc) is 2.51. The third-order valence-corrected chi connectivity index (χ3v) is 4.71. The van der Waals surface area contributed by atoms with Crippen molar-refractivity contribution in [3.8, 4) is 11.5 Å². The lowest BCUT2D eigenvalue weighted by Gasteiger charge is -2.50. The van der Waals surface area contributed by atoms with Crippen molar-refractivity contribution in [3.05, 3.63) is 59.9 Å². The molecule has 2 bridgehead atoms. The third kappa shape index (κ3) is 2.83. The minimum atomic E-state index is -0.246. The lowest BCUT2D eigenvalue weighted by molar-refractivity contribution is 0.115. The van der Waals surface area contributed by atoms with Crippen LogP contribution in [-0.2, 0) is 0 Å². The van der Waals surface area contributed by atoms with Crippen molar-refractivity contribution < 1.29 is 9.13 Å². The van der Waals surface area contributed by atoms with Gasteiger partial charge in [-0.25, -0.2) is 4.39 Å². The van der Waals surface area contributed by atoms with Crippen LogP contribution in [-0.4, -0.2) is 12.6 Å². The number of piperidine rings is 2. The highest BCUT2D eigenvalue weighted by Gasteiger charge is 2.44. The number of fused-ring (bicyclic) bond motifs is 2. The number of ether oxygens (including phenoxy) is 1. The molecule has 2 aromatic rings. The molecule has 0 aromatic heterocycles. The van der Waals surface area contributed by atoms with Crippen LogP contribution in [0.4, 0.5) is 4.39 Å². The average molecular weight is 320 g/mol. The molecular formula is C18H19ClFNO. The van der Waals surface area contributed by atoms with E-state index < -0.39 is 0 Å². The zero-order valence-corrected chi connectivity index (χ0v) is 13.0. The Morgan fingerprint density at radius 1 is 1.05 bits per heavy atom. The van der Waals surface area contributed by atoms with Gasteiger partial charge in [-0.2, -0.15) is 0 Å². The summed E-state index contributed by atoms with van der Waals surface area (Å²) in [6.45, 7) is 1.15. The lowest BCUT2D eigenvalue weighted by atomic mass is 9.62. The summed E-state index contributed by atoms with van der Waals surface area (Å²) >= 11 is 0. The van der Waals surface area contributed by atoms with Crippen molar-refractivity contribution in [1.82, 2.24) is 5.32 Å². The topological polar surface area (TPSA) is 21.3 Å². The largest absolute Gasteiger partial charge is 0.457 e. The molecule has 2 fully saturated rings. The van der Waals surface area contributed by atoms with E-state index in [2.05, 4.69) is 17.4 Å². The first-order chi connectivity index (χ1) is 10.3. The predicted molar refractivity (Wildman–Crippen MR) is 87.4 cm³/mol. The molecular weight excluding hydrogens is 301 g/mol. The maximum absolute atomic E-state index is 12.9. The van der Waals surface area contributed by atoms with Gasteiger partial charge in [-0.05, 0) is 67.3 Å². The maximum Gasteiger partial charge on any atom is 0.127 e. The zero-order valence-electron chi connectivity index (χ0n) is 12.2. The van der Waals surface area contributed by atoms with Crippen LogP contribution in [0.15, 0.2) is 48.5 Å². The van der Waals surface area contributed by atoms with Crippen LogP contribution in [0.2, 0.25) is 0 Å². The highest BCUT2D eigenvalue weighted by Crippen LogP contribution is 2.47. The summed E-state index contributed by atoms with van der Waals surface area (Å²) in [4.78, 5) is 0. The van der Waals surface area contributed by atoms with E-state index in [1.807, 2.05) is 12.1 Å². The molecule has 1 heterocycles. The molecule has 4 rings (SSSR count). The highest BCUT2D eigenvalue weighted by atomic mass is 35.5. The quantitative estimate of drug-likeness (QED) is 0.899. The molecule has 0 amide bonds. The molecule has 0 spiro atoms. The van der Waals surface area contributed by atoms with Crippen molar-refractivity contribution in [2.24, 2.45) is 5.92 Å². The van der Waals surface area contributed by atoms with E-state index in [0.29, 0.717) is 17.7 Å². The molecule has 2 aromatic carbocycles. The van der Waals surface area contributed by atoms with Gasteiger partial charge in [-0.1, -0.05) is 12.1 Å². The van der Waals surface area contributed by atoms with Crippen molar-refractivity contribution in [1.29, 1.82) is 0 Å². The highest BCUT2D eigenvalue weighted by molar-refractivity contribution is 5.85. The molecule has 0 radical (unpaired) electrons. The van der Waals surface area contributed by atoms with Crippen molar-refractivity contribution in [3.63, 3.8) is 0 Å². The summed E-state index contributed by atoms with van der Waals surface area (Å²) in [6, 6.07) is 15.1. The molecule has 22 heavy (non-hydrogen) atoms. The Morgan fingerprint density at radius 3 is 2.55 bits per heavy atom. The van der Waals surface area contributed by atoms with Gasteiger partial charge in [0.05, 0.1) is 0 Å². The van der Waals surface area contributed by atoms with E-state index >= 15 is 0 Å². The maximum atomic E-state index is 12.9. The molecule has 1 saturated heterocycles. The number of hydrogen-bond donors (Lipinski definition) is 1. The first-order valence-electron chi connectivity index (χ1n) is 7.56. The Hall–Kier alpha value is -1.58. The molecule has 1 saturated carbocycles. The molecule has 2 nitrogen and oxygen atoms in total. The lowest BCUT2D eigenvalue weighted by Crippen LogP contribution is -2.54. The molecule has 2 aliphatic rings. The predicted octanol–water partition coefficient (Wildman–Crippen LogP) is 4.51. The van der Waals surface area contributed by atoms with Gasteiger partial charge in [0.25, 0.3) is 0 Å². The monoisotopic (exact) mass is 319 g/mol. The third-order valence-electron chi connectivity index (χ3n) is 4.71. The summed E-state index contributed by atoms with van der Waals surface area (Å²) in [5.74, 6) is 2.68. The van der Waals surface area contributed by atoms with Gasteiger partial charge in [0, 0.05) is 12.0 Å². The van der Waals surface area contributed by atoms with Crippen molar-refractivity contribution in [2.45, 2.75) is 24.8 Å². The van der Waals surface area contributed by atoms with Crippen molar-refractivity contribution >= 4 is 12.4 Å². The first-order valence-corrected chi connectivity index (χ1v) is 7.56. The Bertz CT molecular complexity index is 632. The van der Waals surface area contributed by atoms with Gasteiger partial charge in [0.15, 0.2) is 0 Å². The summed E-state index contributed by atoms with van der Waals surface area (Å²) < 4.78 is 18.7. The SMILES string of the molecule is Cl.Fc1ccc(Oc2cccc(C3C4CCNC3C4)c2)cc1. The molecule has 3 atom stereocenters. The summed E-state index contributed by atoms with van der Waals surface area (Å²) in [5.41, 5.74) is 1.35. The van der Waals surface area contributed by atoms with Gasteiger partial charge >= 0.3 is 0 Å². The standard InChI is InChI=1S/C18H18FNO.ClH/c19-14-4-6-15(7-5-14)21-16-3-1-2-12(10-16)18-13-8-9-20-17(18)11-13;/h1-7,10,13,17-18,20H,8-9,11H2;1H. The molecule has 4 heteroatoms. The first kappa shape index (κ1) is 15.3. The summed E-state index contributed by atoms with van der Waals surface area (Å²) in [6.07, 6.45) is 2.57. The van der Waals surface area contributed by atoms with Crippen LogP contribution in [0.1, 0.15) is 24.3 Å². The van der Waals surface area contributed by atoms with Crippen molar-refractivity contribution in [2.75, 3.05) is 6.54 Å². The molecule has 1 aliphatic heterocycles. The second kappa shape index (κ2) is 6.27. The second-order valence-electron chi connectivity index (χ2n) is 6.00. The van der Waals surface area contributed by atoms with E-state index in [1.165, 1.54) is 30.5 Å². The Morgan fingerprint density at radius 2 is 1.86 bits per heavy atom. The van der Waals surface area contributed by atoms with Crippen LogP contribution in [0, 0.1) is 11.7 Å². The van der Waals surface area contributed by atoms with Crippen LogP contribution >= 0.6 is 12.4 Å². The van der Waals surface area contributed by atoms with E-state index in [-0.39, 0.29) is 18.2 Å². The van der Waals surface area contributed by atoms with Gasteiger partial charge in [-0.3, -0.25) is 0 Å². The van der Waals surface area contributed by atoms with E-state index in [4.69, 9.17) is 4.74 Å². The number of rotatable bonds is 3. The number of halogens is 2. The fourth-order valence-corrected chi connectivity index (χ4v) is 3.64. The molecule has 116 valence electrons. The fraction of sp³-hybridized carbons (Fsp3) is 0.333. The van der Waals surface area contributed by atoms with Crippen LogP contribution in [0.25, 0.3) is 0 Å². The Kier molecular flexibility index (Phi) is 4.37. The van der Waals surface area contributed by atoms with Gasteiger partial charge in [-0.15, -0.1) is 12.4 Å². The Balaban J connectivity index is 0.00000144. The van der Waals surface area contributed by atoms with E-state index in [1.54, 1.807) is 12.1 Å².